The lowest BCUT2D eigenvalue weighted by Gasteiger charge is -2.44. The molecule has 0 amide bonds. The highest BCUT2D eigenvalue weighted by atomic mass is 16.3. The first-order valence-electron chi connectivity index (χ1n) is 22.3. The fraction of sp³-hybridized carbons (Fsp3) is 0.0517. The summed E-state index contributed by atoms with van der Waals surface area (Å²) in [7, 11) is 6.49. The summed E-state index contributed by atoms with van der Waals surface area (Å²) in [5.41, 5.74) is 20.8. The van der Waals surface area contributed by atoms with E-state index in [1.807, 2.05) is 24.3 Å². The molecule has 0 saturated heterocycles. The van der Waals surface area contributed by atoms with Crippen molar-refractivity contribution < 1.29 is 4.42 Å². The largest absolute Gasteiger partial charge is 0.436 e. The molecule has 13 rings (SSSR count). The van der Waals surface area contributed by atoms with E-state index in [1.54, 1.807) is 0 Å². The Morgan fingerprint density at radius 1 is 0.333 bits per heavy atom. The van der Waals surface area contributed by atoms with Crippen molar-refractivity contribution in [2.24, 2.45) is 0 Å². The molecule has 4 heterocycles. The van der Waals surface area contributed by atoms with Crippen LogP contribution in [0.4, 0.5) is 85.3 Å². The molecule has 0 saturated carbocycles. The van der Waals surface area contributed by atoms with E-state index in [9.17, 15) is 0 Å². The van der Waals surface area contributed by atoms with E-state index in [2.05, 4.69) is 233 Å². The summed E-state index contributed by atoms with van der Waals surface area (Å²) in [6, 6.07) is 73.8. The Morgan fingerprint density at radius 3 is 1.20 bits per heavy atom. The third-order valence-electron chi connectivity index (χ3n) is 13.4. The maximum atomic E-state index is 6.46. The highest BCUT2D eigenvalue weighted by molar-refractivity contribution is 6.11. The summed E-state index contributed by atoms with van der Waals surface area (Å²) in [4.78, 5) is 19.3. The molecule has 0 spiro atoms. The van der Waals surface area contributed by atoms with Crippen molar-refractivity contribution in [2.75, 3.05) is 50.5 Å². The average molecular weight is 854 g/mol. The van der Waals surface area contributed by atoms with Crippen LogP contribution in [-0.4, -0.2) is 26.1 Å². The summed E-state index contributed by atoms with van der Waals surface area (Å²) in [6.07, 6.45) is 0. The molecular weight excluding hydrogens is 811 g/mol. The number of hydrogen-bond acceptors (Lipinski definition) is 8. The minimum atomic E-state index is 0.579. The Labute approximate surface area is 383 Å². The topological polar surface area (TPSA) is 45.5 Å². The van der Waals surface area contributed by atoms with E-state index in [1.165, 1.54) is 0 Å². The fourth-order valence-corrected chi connectivity index (χ4v) is 10.4. The minimum absolute atomic E-state index is 0.579. The molecule has 0 fully saturated rings. The van der Waals surface area contributed by atoms with Crippen LogP contribution in [0.2, 0.25) is 0 Å². The molecule has 0 bridgehead atoms. The van der Waals surface area contributed by atoms with Gasteiger partial charge in [0.05, 0.1) is 79.6 Å². The number of oxazole rings is 1. The standard InChI is InChI=1S/C58H43N7O/c1-60-43-22-5-11-28-49(43)63(50-29-12-6-23-44(50)60)40-36-41(38-19-18-20-39(35-38)58-59-42-21-4-17-34-56(42)66-58)57(65-53-32-15-9-26-47(53)62(3)48-27-10-16-33-54(48)65)55(37-40)64-51-30-13-7-24-45(51)61(2)46-25-8-14-31-52(46)64/h4-37H,1-3H3. The number of para-hydroxylation sites is 14. The van der Waals surface area contributed by atoms with Crippen LogP contribution in [-0.2, 0) is 0 Å². The lowest BCUT2D eigenvalue weighted by molar-refractivity contribution is 0.620. The second-order valence-electron chi connectivity index (χ2n) is 17.0. The van der Waals surface area contributed by atoms with E-state index in [4.69, 9.17) is 9.40 Å². The highest BCUT2D eigenvalue weighted by Gasteiger charge is 2.37. The molecule has 10 aromatic rings. The summed E-state index contributed by atoms with van der Waals surface area (Å²) in [5.74, 6) is 0.579. The van der Waals surface area contributed by atoms with Gasteiger partial charge in [-0.1, -0.05) is 97.1 Å². The Balaban J connectivity index is 1.19. The molecular formula is C58H43N7O. The monoisotopic (exact) mass is 853 g/mol. The van der Waals surface area contributed by atoms with Crippen molar-refractivity contribution >= 4 is 96.4 Å². The summed E-state index contributed by atoms with van der Waals surface area (Å²) in [5, 5.41) is 0. The van der Waals surface area contributed by atoms with Gasteiger partial charge in [0.1, 0.15) is 5.52 Å². The van der Waals surface area contributed by atoms with Gasteiger partial charge in [0.15, 0.2) is 5.58 Å². The first kappa shape index (κ1) is 37.8. The van der Waals surface area contributed by atoms with Crippen molar-refractivity contribution in [3.63, 3.8) is 0 Å². The predicted octanol–water partition coefficient (Wildman–Crippen LogP) is 15.8. The van der Waals surface area contributed by atoms with Gasteiger partial charge in [-0.3, -0.25) is 0 Å². The number of rotatable bonds is 5. The van der Waals surface area contributed by atoms with E-state index >= 15 is 0 Å². The van der Waals surface area contributed by atoms with E-state index in [-0.39, 0.29) is 0 Å². The molecule has 316 valence electrons. The lowest BCUT2D eigenvalue weighted by atomic mass is 9.94. The molecule has 9 aromatic carbocycles. The molecule has 8 heteroatoms. The zero-order valence-corrected chi connectivity index (χ0v) is 36.7. The smallest absolute Gasteiger partial charge is 0.227 e. The highest BCUT2D eigenvalue weighted by Crippen LogP contribution is 2.61. The Hall–Kier alpha value is -8.75. The van der Waals surface area contributed by atoms with Crippen LogP contribution in [0.5, 0.6) is 0 Å². The van der Waals surface area contributed by atoms with Gasteiger partial charge in [-0.15, -0.1) is 0 Å². The number of fused-ring (bicyclic) bond motifs is 7. The molecule has 0 radical (unpaired) electrons. The molecule has 66 heavy (non-hydrogen) atoms. The number of benzene rings is 9. The van der Waals surface area contributed by atoms with Crippen LogP contribution in [0.15, 0.2) is 211 Å². The molecule has 8 nitrogen and oxygen atoms in total. The maximum Gasteiger partial charge on any atom is 0.227 e. The average Bonchev–Trinajstić information content (AvgIpc) is 3.82. The zero-order chi connectivity index (χ0) is 44.0. The van der Waals surface area contributed by atoms with Gasteiger partial charge >= 0.3 is 0 Å². The van der Waals surface area contributed by atoms with Gasteiger partial charge in [0, 0.05) is 38.0 Å². The normalized spacial score (nSPS) is 13.5. The second-order valence-corrected chi connectivity index (χ2v) is 17.0. The molecule has 0 atom stereocenters. The molecule has 3 aliphatic heterocycles. The third kappa shape index (κ3) is 5.61. The molecule has 3 aliphatic rings. The number of aromatic nitrogens is 1. The Morgan fingerprint density at radius 2 is 0.727 bits per heavy atom. The van der Waals surface area contributed by atoms with Crippen molar-refractivity contribution in [1.82, 2.24) is 4.98 Å². The predicted molar refractivity (Wildman–Crippen MR) is 273 cm³/mol. The molecule has 0 N–H and O–H groups in total. The Kier molecular flexibility index (Phi) is 8.39. The number of nitrogens with zero attached hydrogens (tertiary/aromatic N) is 7. The second kappa shape index (κ2) is 14.7. The van der Waals surface area contributed by atoms with E-state index in [0.29, 0.717) is 5.89 Å². The van der Waals surface area contributed by atoms with Crippen molar-refractivity contribution in [3.05, 3.63) is 206 Å². The van der Waals surface area contributed by atoms with Crippen molar-refractivity contribution in [1.29, 1.82) is 0 Å². The fourth-order valence-electron chi connectivity index (χ4n) is 10.4. The van der Waals surface area contributed by atoms with Crippen LogP contribution in [0.25, 0.3) is 33.7 Å². The first-order valence-corrected chi connectivity index (χ1v) is 22.3. The third-order valence-corrected chi connectivity index (χ3v) is 13.4. The van der Waals surface area contributed by atoms with Crippen molar-refractivity contribution in [3.8, 4) is 22.6 Å². The maximum absolute atomic E-state index is 6.46. The van der Waals surface area contributed by atoms with Gasteiger partial charge in [-0.2, -0.15) is 0 Å². The van der Waals surface area contributed by atoms with E-state index < -0.39 is 0 Å². The molecule has 0 unspecified atom stereocenters. The van der Waals surface area contributed by atoms with Crippen molar-refractivity contribution in [2.45, 2.75) is 0 Å². The summed E-state index contributed by atoms with van der Waals surface area (Å²) in [6.45, 7) is 0. The summed E-state index contributed by atoms with van der Waals surface area (Å²) < 4.78 is 6.46. The number of hydrogen-bond donors (Lipinski definition) is 0. The molecule has 1 aromatic heterocycles. The first-order chi connectivity index (χ1) is 32.5. The zero-order valence-electron chi connectivity index (χ0n) is 36.7. The van der Waals surface area contributed by atoms with Crippen LogP contribution in [0, 0.1) is 0 Å². The van der Waals surface area contributed by atoms with Crippen LogP contribution >= 0.6 is 0 Å². The lowest BCUT2D eigenvalue weighted by Crippen LogP contribution is -2.28. The van der Waals surface area contributed by atoms with Gasteiger partial charge in [-0.25, -0.2) is 4.98 Å². The van der Waals surface area contributed by atoms with Crippen LogP contribution < -0.4 is 29.4 Å². The molecule has 0 aliphatic carbocycles. The Bertz CT molecular complexity index is 3380. The summed E-state index contributed by atoms with van der Waals surface area (Å²) >= 11 is 0. The van der Waals surface area contributed by atoms with E-state index in [0.717, 1.165) is 113 Å². The van der Waals surface area contributed by atoms with Gasteiger partial charge in [0.25, 0.3) is 0 Å². The van der Waals surface area contributed by atoms with Crippen LogP contribution in [0.1, 0.15) is 0 Å². The SMILES string of the molecule is CN1c2ccccc2N(c2cc(-c3cccc(-c4nc5ccccc5o4)c3)c(N3c4ccccc4N(C)c4ccccc43)c(N3c4ccccc4N(C)c4ccccc43)c2)c2ccccc21. The quantitative estimate of drug-likeness (QED) is 0.170. The van der Waals surface area contributed by atoms with Gasteiger partial charge in [0.2, 0.25) is 5.89 Å². The van der Waals surface area contributed by atoms with Crippen LogP contribution in [0.3, 0.4) is 0 Å². The van der Waals surface area contributed by atoms with Gasteiger partial charge < -0.3 is 33.8 Å². The minimum Gasteiger partial charge on any atom is -0.436 e. The number of anilines is 15. The van der Waals surface area contributed by atoms with Gasteiger partial charge in [-0.05, 0) is 115 Å².